The summed E-state index contributed by atoms with van der Waals surface area (Å²) in [4.78, 5) is 11.5. The lowest BCUT2D eigenvalue weighted by atomic mass is 10.2. The second kappa shape index (κ2) is 6.66. The molecule has 1 atom stereocenters. The van der Waals surface area contributed by atoms with Gasteiger partial charge in [0.2, 0.25) is 5.91 Å². The molecule has 0 aliphatic carbocycles. The highest BCUT2D eigenvalue weighted by atomic mass is 79.9. The van der Waals surface area contributed by atoms with Gasteiger partial charge in [-0.3, -0.25) is 4.79 Å². The van der Waals surface area contributed by atoms with E-state index >= 15 is 0 Å². The van der Waals surface area contributed by atoms with E-state index in [2.05, 4.69) is 21.2 Å². The van der Waals surface area contributed by atoms with Crippen LogP contribution in [0.5, 0.6) is 0 Å². The summed E-state index contributed by atoms with van der Waals surface area (Å²) >= 11 is 3.39. The Labute approximate surface area is 104 Å². The molecule has 1 unspecified atom stereocenters. The van der Waals surface area contributed by atoms with E-state index in [-0.39, 0.29) is 5.91 Å². The molecule has 0 bridgehead atoms. The molecule has 0 aromatic heterocycles. The average molecular weight is 286 g/mol. The summed E-state index contributed by atoms with van der Waals surface area (Å²) in [5.41, 5.74) is 1.06. The maximum atomic E-state index is 11.5. The Morgan fingerprint density at radius 1 is 1.56 bits per heavy atom. The number of amides is 1. The van der Waals surface area contributed by atoms with Crippen LogP contribution in [0.25, 0.3) is 0 Å². The van der Waals surface area contributed by atoms with Crippen molar-refractivity contribution in [2.75, 3.05) is 6.61 Å². The summed E-state index contributed by atoms with van der Waals surface area (Å²) in [6.45, 7) is 4.69. The fraction of sp³-hybridized carbons (Fsp3) is 0.417. The first-order valence-electron chi connectivity index (χ1n) is 5.27. The Balaban J connectivity index is 2.42. The van der Waals surface area contributed by atoms with Gasteiger partial charge in [0.25, 0.3) is 0 Å². The maximum absolute atomic E-state index is 11.5. The Morgan fingerprint density at radius 3 is 2.94 bits per heavy atom. The van der Waals surface area contributed by atoms with E-state index in [0.717, 1.165) is 10.0 Å². The van der Waals surface area contributed by atoms with Crippen LogP contribution in [0.15, 0.2) is 28.7 Å². The zero-order valence-electron chi connectivity index (χ0n) is 9.50. The number of halogens is 1. The molecule has 4 heteroatoms. The van der Waals surface area contributed by atoms with Crippen molar-refractivity contribution in [1.82, 2.24) is 5.32 Å². The van der Waals surface area contributed by atoms with Crippen molar-refractivity contribution in [3.8, 4) is 0 Å². The van der Waals surface area contributed by atoms with Crippen molar-refractivity contribution in [1.29, 1.82) is 0 Å². The number of carbonyl (C=O) groups excluding carboxylic acids is 1. The van der Waals surface area contributed by atoms with Crippen molar-refractivity contribution >= 4 is 21.8 Å². The number of hydrogen-bond donors (Lipinski definition) is 1. The highest BCUT2D eigenvalue weighted by molar-refractivity contribution is 9.10. The molecule has 0 fully saturated rings. The van der Waals surface area contributed by atoms with E-state index in [9.17, 15) is 4.79 Å². The third-order valence-electron chi connectivity index (χ3n) is 2.14. The lowest BCUT2D eigenvalue weighted by molar-refractivity contribution is -0.131. The van der Waals surface area contributed by atoms with Crippen molar-refractivity contribution in [2.24, 2.45) is 0 Å². The van der Waals surface area contributed by atoms with Crippen LogP contribution in [0.2, 0.25) is 0 Å². The maximum Gasteiger partial charge on any atom is 0.249 e. The lowest BCUT2D eigenvalue weighted by Crippen LogP contribution is -2.34. The zero-order valence-corrected chi connectivity index (χ0v) is 11.1. The molecule has 1 N–H and O–H groups in total. The quantitative estimate of drug-likeness (QED) is 0.903. The van der Waals surface area contributed by atoms with Gasteiger partial charge < -0.3 is 10.1 Å². The van der Waals surface area contributed by atoms with Crippen LogP contribution >= 0.6 is 15.9 Å². The van der Waals surface area contributed by atoms with Crippen molar-refractivity contribution < 1.29 is 9.53 Å². The largest absolute Gasteiger partial charge is 0.369 e. The first-order valence-corrected chi connectivity index (χ1v) is 6.06. The predicted octanol–water partition coefficient (Wildman–Crippen LogP) is 2.49. The Hall–Kier alpha value is -0.870. The molecule has 3 nitrogen and oxygen atoms in total. The van der Waals surface area contributed by atoms with Crippen molar-refractivity contribution in [2.45, 2.75) is 26.5 Å². The number of rotatable bonds is 5. The SMILES string of the molecule is CCOC(C)C(=O)NCc1cccc(Br)c1. The molecule has 0 aliphatic heterocycles. The Kier molecular flexibility index (Phi) is 5.49. The first-order chi connectivity index (χ1) is 7.63. The minimum atomic E-state index is -0.392. The highest BCUT2D eigenvalue weighted by Crippen LogP contribution is 2.11. The number of hydrogen-bond acceptors (Lipinski definition) is 2. The first kappa shape index (κ1) is 13.2. The summed E-state index contributed by atoms with van der Waals surface area (Å²) in [6, 6.07) is 7.84. The number of ether oxygens (including phenoxy) is 1. The smallest absolute Gasteiger partial charge is 0.249 e. The molecule has 0 heterocycles. The summed E-state index contributed by atoms with van der Waals surface area (Å²) in [5.74, 6) is -0.0816. The standard InChI is InChI=1S/C12H16BrNO2/c1-3-16-9(2)12(15)14-8-10-5-4-6-11(13)7-10/h4-7,9H,3,8H2,1-2H3,(H,14,15). The molecule has 0 aliphatic rings. The van der Waals surface area contributed by atoms with Crippen LogP contribution in [0.4, 0.5) is 0 Å². The van der Waals surface area contributed by atoms with Crippen molar-refractivity contribution in [3.05, 3.63) is 34.3 Å². The average Bonchev–Trinajstić information content (AvgIpc) is 2.26. The van der Waals surface area contributed by atoms with Crippen LogP contribution in [-0.4, -0.2) is 18.6 Å². The van der Waals surface area contributed by atoms with Gasteiger partial charge in [-0.05, 0) is 31.5 Å². The number of nitrogens with one attached hydrogen (secondary N) is 1. The van der Waals surface area contributed by atoms with Crippen LogP contribution in [0, 0.1) is 0 Å². The van der Waals surface area contributed by atoms with Gasteiger partial charge in [-0.25, -0.2) is 0 Å². The van der Waals surface area contributed by atoms with Gasteiger partial charge in [0, 0.05) is 17.6 Å². The van der Waals surface area contributed by atoms with E-state index in [1.54, 1.807) is 6.92 Å². The molecule has 0 radical (unpaired) electrons. The molecule has 0 spiro atoms. The normalized spacial score (nSPS) is 12.2. The summed E-state index contributed by atoms with van der Waals surface area (Å²) < 4.78 is 6.21. The van der Waals surface area contributed by atoms with E-state index in [0.29, 0.717) is 13.2 Å². The van der Waals surface area contributed by atoms with Gasteiger partial charge in [-0.15, -0.1) is 0 Å². The van der Waals surface area contributed by atoms with Gasteiger partial charge in [0.15, 0.2) is 0 Å². The number of benzene rings is 1. The molecular formula is C12H16BrNO2. The monoisotopic (exact) mass is 285 g/mol. The van der Waals surface area contributed by atoms with E-state index in [1.807, 2.05) is 31.2 Å². The van der Waals surface area contributed by atoms with Gasteiger partial charge in [-0.2, -0.15) is 0 Å². The molecule has 0 saturated carbocycles. The van der Waals surface area contributed by atoms with Gasteiger partial charge in [0.1, 0.15) is 6.10 Å². The van der Waals surface area contributed by atoms with Gasteiger partial charge >= 0.3 is 0 Å². The Morgan fingerprint density at radius 2 is 2.31 bits per heavy atom. The lowest BCUT2D eigenvalue weighted by Gasteiger charge is -2.12. The van der Waals surface area contributed by atoms with E-state index < -0.39 is 6.10 Å². The Bertz CT molecular complexity index is 355. The molecule has 1 aromatic rings. The molecule has 1 amide bonds. The second-order valence-electron chi connectivity index (χ2n) is 3.45. The minimum absolute atomic E-state index is 0.0816. The third kappa shape index (κ3) is 4.33. The number of carbonyl (C=O) groups is 1. The van der Waals surface area contributed by atoms with Crippen LogP contribution < -0.4 is 5.32 Å². The summed E-state index contributed by atoms with van der Waals surface area (Å²) in [7, 11) is 0. The predicted molar refractivity (Wildman–Crippen MR) is 67.1 cm³/mol. The molecule has 1 aromatic carbocycles. The molecular weight excluding hydrogens is 270 g/mol. The van der Waals surface area contributed by atoms with Crippen molar-refractivity contribution in [3.63, 3.8) is 0 Å². The summed E-state index contributed by atoms with van der Waals surface area (Å²) in [6.07, 6.45) is -0.392. The van der Waals surface area contributed by atoms with E-state index in [1.165, 1.54) is 0 Å². The second-order valence-corrected chi connectivity index (χ2v) is 4.36. The van der Waals surface area contributed by atoms with Crippen LogP contribution in [0.1, 0.15) is 19.4 Å². The molecule has 16 heavy (non-hydrogen) atoms. The van der Waals surface area contributed by atoms with Gasteiger partial charge in [0.05, 0.1) is 0 Å². The molecule has 1 rings (SSSR count). The topological polar surface area (TPSA) is 38.3 Å². The molecule has 0 saturated heterocycles. The molecule has 88 valence electrons. The zero-order chi connectivity index (χ0) is 12.0. The highest BCUT2D eigenvalue weighted by Gasteiger charge is 2.11. The van der Waals surface area contributed by atoms with E-state index in [4.69, 9.17) is 4.74 Å². The summed E-state index contributed by atoms with van der Waals surface area (Å²) in [5, 5.41) is 2.83. The minimum Gasteiger partial charge on any atom is -0.369 e. The fourth-order valence-electron chi connectivity index (χ4n) is 1.31. The van der Waals surface area contributed by atoms with Crippen LogP contribution in [0.3, 0.4) is 0 Å². The third-order valence-corrected chi connectivity index (χ3v) is 2.63. The van der Waals surface area contributed by atoms with Gasteiger partial charge in [-0.1, -0.05) is 28.1 Å². The fourth-order valence-corrected chi connectivity index (χ4v) is 1.75. The van der Waals surface area contributed by atoms with Crippen LogP contribution in [-0.2, 0) is 16.1 Å².